The van der Waals surface area contributed by atoms with Crippen molar-refractivity contribution in [3.05, 3.63) is 69.7 Å². The zero-order valence-electron chi connectivity index (χ0n) is 13.6. The summed E-state index contributed by atoms with van der Waals surface area (Å²) in [5.41, 5.74) is 5.19. The Kier molecular flexibility index (Phi) is 9.84. The van der Waals surface area contributed by atoms with E-state index in [4.69, 9.17) is 11.6 Å². The summed E-state index contributed by atoms with van der Waals surface area (Å²) in [6.07, 6.45) is 1.01. The summed E-state index contributed by atoms with van der Waals surface area (Å²) >= 11 is 5.90. The van der Waals surface area contributed by atoms with Crippen molar-refractivity contribution in [2.45, 2.75) is 48.0 Å². The number of aryl methyl sites for hydroxylation is 4. The van der Waals surface area contributed by atoms with Gasteiger partial charge in [0.15, 0.2) is 0 Å². The average Bonchev–Trinajstić information content (AvgIpc) is 2.44. The summed E-state index contributed by atoms with van der Waals surface area (Å²) in [7, 11) is 0. The van der Waals surface area contributed by atoms with E-state index >= 15 is 0 Å². The van der Waals surface area contributed by atoms with E-state index in [2.05, 4.69) is 58.0 Å². The van der Waals surface area contributed by atoms with Gasteiger partial charge in [-0.05, 0) is 38.8 Å². The first-order chi connectivity index (χ1) is 9.52. The molecule has 0 heterocycles. The predicted octanol–water partition coefficient (Wildman–Crippen LogP) is 6.54. The Balaban J connectivity index is 0.000000327. The highest BCUT2D eigenvalue weighted by Gasteiger charge is 1.95. The zero-order chi connectivity index (χ0) is 15.5. The number of rotatable bonds is 1. The molecule has 0 saturated carbocycles. The van der Waals surface area contributed by atoms with Gasteiger partial charge in [-0.3, -0.25) is 0 Å². The minimum atomic E-state index is 0.883. The Hall–Kier alpha value is -1.27. The van der Waals surface area contributed by atoms with Crippen molar-refractivity contribution in [2.24, 2.45) is 0 Å². The van der Waals surface area contributed by atoms with Crippen LogP contribution in [0.4, 0.5) is 0 Å². The molecule has 0 aliphatic heterocycles. The first kappa shape index (κ1) is 18.7. The molecular formula is C19H27Cl. The molecule has 20 heavy (non-hydrogen) atoms. The SMILES string of the molecule is CC.CCc1cc(C)ccc1Cl.Cc1cccc(C)c1. The van der Waals surface area contributed by atoms with E-state index in [1.165, 1.54) is 22.3 Å². The van der Waals surface area contributed by atoms with E-state index in [1.54, 1.807) is 0 Å². The van der Waals surface area contributed by atoms with E-state index in [1.807, 2.05) is 26.0 Å². The molecule has 0 aliphatic carbocycles. The molecule has 0 aromatic heterocycles. The highest BCUT2D eigenvalue weighted by Crippen LogP contribution is 2.17. The molecule has 0 nitrogen and oxygen atoms in total. The summed E-state index contributed by atoms with van der Waals surface area (Å²) in [4.78, 5) is 0. The van der Waals surface area contributed by atoms with Crippen molar-refractivity contribution in [2.75, 3.05) is 0 Å². The first-order valence-electron chi connectivity index (χ1n) is 7.31. The second-order valence-corrected chi connectivity index (χ2v) is 5.01. The maximum Gasteiger partial charge on any atom is 0.0438 e. The van der Waals surface area contributed by atoms with Crippen LogP contribution in [0.15, 0.2) is 42.5 Å². The molecule has 0 atom stereocenters. The van der Waals surface area contributed by atoms with E-state index in [0.29, 0.717) is 0 Å². The molecule has 2 aromatic rings. The number of halogens is 1. The lowest BCUT2D eigenvalue weighted by Crippen LogP contribution is -1.82. The minimum Gasteiger partial charge on any atom is -0.0840 e. The van der Waals surface area contributed by atoms with Crippen LogP contribution < -0.4 is 0 Å². The molecule has 0 saturated heterocycles. The second-order valence-electron chi connectivity index (χ2n) is 4.61. The van der Waals surface area contributed by atoms with Crippen LogP contribution in [0.3, 0.4) is 0 Å². The predicted molar refractivity (Wildman–Crippen MR) is 92.8 cm³/mol. The topological polar surface area (TPSA) is 0 Å². The Morgan fingerprint density at radius 1 is 0.800 bits per heavy atom. The van der Waals surface area contributed by atoms with Gasteiger partial charge in [0.25, 0.3) is 0 Å². The lowest BCUT2D eigenvalue weighted by Gasteiger charge is -2.00. The molecule has 0 radical (unpaired) electrons. The van der Waals surface area contributed by atoms with Gasteiger partial charge in [0.2, 0.25) is 0 Å². The van der Waals surface area contributed by atoms with Gasteiger partial charge < -0.3 is 0 Å². The summed E-state index contributed by atoms with van der Waals surface area (Å²) in [6, 6.07) is 14.6. The first-order valence-corrected chi connectivity index (χ1v) is 7.69. The second kappa shape index (κ2) is 10.5. The Morgan fingerprint density at radius 2 is 1.30 bits per heavy atom. The number of benzene rings is 2. The molecule has 2 aromatic carbocycles. The lowest BCUT2D eigenvalue weighted by atomic mass is 10.1. The Bertz CT molecular complexity index is 484. The summed E-state index contributed by atoms with van der Waals surface area (Å²) in [5.74, 6) is 0. The molecule has 0 bridgehead atoms. The highest BCUT2D eigenvalue weighted by atomic mass is 35.5. The van der Waals surface area contributed by atoms with Crippen LogP contribution in [-0.4, -0.2) is 0 Å². The van der Waals surface area contributed by atoms with E-state index in [-0.39, 0.29) is 0 Å². The molecule has 2 rings (SSSR count). The standard InChI is InChI=1S/C9H11Cl.C8H10.C2H6/c1-3-8-6-7(2)4-5-9(8)10;1-7-4-3-5-8(2)6-7;1-2/h4-6H,3H2,1-2H3;3-6H,1-2H3;1-2H3. The van der Waals surface area contributed by atoms with Crippen LogP contribution in [0.2, 0.25) is 5.02 Å². The molecular weight excluding hydrogens is 264 g/mol. The van der Waals surface area contributed by atoms with Crippen molar-refractivity contribution in [3.8, 4) is 0 Å². The van der Waals surface area contributed by atoms with Crippen LogP contribution in [-0.2, 0) is 6.42 Å². The maximum absolute atomic E-state index is 5.90. The van der Waals surface area contributed by atoms with Crippen molar-refractivity contribution < 1.29 is 0 Å². The fraction of sp³-hybridized carbons (Fsp3) is 0.368. The summed E-state index contributed by atoms with van der Waals surface area (Å²) in [6.45, 7) is 12.4. The lowest BCUT2D eigenvalue weighted by molar-refractivity contribution is 1.13. The van der Waals surface area contributed by atoms with Crippen molar-refractivity contribution in [3.63, 3.8) is 0 Å². The third kappa shape index (κ3) is 7.35. The van der Waals surface area contributed by atoms with Crippen LogP contribution >= 0.6 is 11.6 Å². The molecule has 1 heteroatoms. The Labute approximate surface area is 129 Å². The van der Waals surface area contributed by atoms with Gasteiger partial charge in [0.05, 0.1) is 0 Å². The molecule has 110 valence electrons. The monoisotopic (exact) mass is 290 g/mol. The van der Waals surface area contributed by atoms with Gasteiger partial charge in [-0.15, -0.1) is 0 Å². The zero-order valence-corrected chi connectivity index (χ0v) is 14.4. The minimum absolute atomic E-state index is 0.883. The average molecular weight is 291 g/mol. The Morgan fingerprint density at radius 3 is 1.65 bits per heavy atom. The van der Waals surface area contributed by atoms with Gasteiger partial charge in [0, 0.05) is 5.02 Å². The van der Waals surface area contributed by atoms with Crippen LogP contribution in [0.1, 0.15) is 43.0 Å². The van der Waals surface area contributed by atoms with Crippen LogP contribution in [0, 0.1) is 20.8 Å². The molecule has 0 unspecified atom stereocenters. The highest BCUT2D eigenvalue weighted by molar-refractivity contribution is 6.31. The number of hydrogen-bond donors (Lipinski definition) is 0. The fourth-order valence-corrected chi connectivity index (χ4v) is 2.03. The molecule has 0 N–H and O–H groups in total. The molecule has 0 fully saturated rings. The fourth-order valence-electron chi connectivity index (χ4n) is 1.78. The van der Waals surface area contributed by atoms with Gasteiger partial charge >= 0.3 is 0 Å². The van der Waals surface area contributed by atoms with Gasteiger partial charge in [-0.1, -0.05) is 85.5 Å². The van der Waals surface area contributed by atoms with Crippen molar-refractivity contribution in [1.29, 1.82) is 0 Å². The van der Waals surface area contributed by atoms with Crippen molar-refractivity contribution >= 4 is 11.6 Å². The van der Waals surface area contributed by atoms with Gasteiger partial charge in [0.1, 0.15) is 0 Å². The maximum atomic E-state index is 5.90. The van der Waals surface area contributed by atoms with Crippen LogP contribution in [0.5, 0.6) is 0 Å². The summed E-state index contributed by atoms with van der Waals surface area (Å²) in [5, 5.41) is 0.883. The third-order valence-corrected chi connectivity index (χ3v) is 3.12. The number of hydrogen-bond acceptors (Lipinski definition) is 0. The van der Waals surface area contributed by atoms with Gasteiger partial charge in [-0.2, -0.15) is 0 Å². The third-order valence-electron chi connectivity index (χ3n) is 2.76. The molecule has 0 aliphatic rings. The summed E-state index contributed by atoms with van der Waals surface area (Å²) < 4.78 is 0. The normalized spacial score (nSPS) is 8.95. The van der Waals surface area contributed by atoms with E-state index < -0.39 is 0 Å². The van der Waals surface area contributed by atoms with Crippen LogP contribution in [0.25, 0.3) is 0 Å². The largest absolute Gasteiger partial charge is 0.0840 e. The molecule has 0 amide bonds. The van der Waals surface area contributed by atoms with Gasteiger partial charge in [-0.25, -0.2) is 0 Å². The van der Waals surface area contributed by atoms with E-state index in [9.17, 15) is 0 Å². The molecule has 0 spiro atoms. The van der Waals surface area contributed by atoms with Crippen molar-refractivity contribution in [1.82, 2.24) is 0 Å². The quantitative estimate of drug-likeness (QED) is 0.559. The smallest absolute Gasteiger partial charge is 0.0438 e. The van der Waals surface area contributed by atoms with E-state index in [0.717, 1.165) is 11.4 Å².